The smallest absolute Gasteiger partial charge is 0.229 e. The summed E-state index contributed by atoms with van der Waals surface area (Å²) >= 11 is 7.22. The van der Waals surface area contributed by atoms with Crippen LogP contribution in [0.25, 0.3) is 0 Å². The van der Waals surface area contributed by atoms with E-state index in [1.165, 1.54) is 29.5 Å². The van der Waals surface area contributed by atoms with E-state index in [2.05, 4.69) is 5.32 Å². The van der Waals surface area contributed by atoms with Gasteiger partial charge in [0, 0.05) is 9.90 Å². The van der Waals surface area contributed by atoms with Gasteiger partial charge in [-0.05, 0) is 29.6 Å². The summed E-state index contributed by atoms with van der Waals surface area (Å²) in [5, 5.41) is 4.78. The summed E-state index contributed by atoms with van der Waals surface area (Å²) in [6.07, 6.45) is 0.240. The van der Waals surface area contributed by atoms with Crippen LogP contribution in [-0.4, -0.2) is 5.91 Å². The molecular weight excluding hydrogens is 261 g/mol. The molecule has 0 spiro atoms. The van der Waals surface area contributed by atoms with Crippen LogP contribution < -0.4 is 5.32 Å². The fourth-order valence-electron chi connectivity index (χ4n) is 1.36. The SMILES string of the molecule is O=C(Cc1cccs1)Nc1cc(Cl)ccc1F. The number of amides is 1. The van der Waals surface area contributed by atoms with E-state index in [0.717, 1.165) is 4.88 Å². The highest BCUT2D eigenvalue weighted by Gasteiger charge is 2.08. The zero-order chi connectivity index (χ0) is 12.3. The molecule has 0 radical (unpaired) electrons. The maximum absolute atomic E-state index is 13.3. The third-order valence-corrected chi connectivity index (χ3v) is 3.23. The third-order valence-electron chi connectivity index (χ3n) is 2.12. The Labute approximate surface area is 107 Å². The number of nitrogens with one attached hydrogen (secondary N) is 1. The monoisotopic (exact) mass is 269 g/mol. The van der Waals surface area contributed by atoms with Gasteiger partial charge in [-0.2, -0.15) is 0 Å². The van der Waals surface area contributed by atoms with Crippen molar-refractivity contribution in [2.45, 2.75) is 6.42 Å². The molecule has 0 aliphatic rings. The van der Waals surface area contributed by atoms with Crippen LogP contribution in [0.5, 0.6) is 0 Å². The van der Waals surface area contributed by atoms with E-state index in [9.17, 15) is 9.18 Å². The fourth-order valence-corrected chi connectivity index (χ4v) is 2.23. The van der Waals surface area contributed by atoms with Gasteiger partial charge in [-0.25, -0.2) is 4.39 Å². The van der Waals surface area contributed by atoms with E-state index in [-0.39, 0.29) is 18.0 Å². The Hall–Kier alpha value is -1.39. The average molecular weight is 270 g/mol. The van der Waals surface area contributed by atoms with Gasteiger partial charge in [0.1, 0.15) is 5.82 Å². The number of rotatable bonds is 3. The highest BCUT2D eigenvalue weighted by molar-refractivity contribution is 7.10. The first-order valence-electron chi connectivity index (χ1n) is 4.92. The molecule has 0 unspecified atom stereocenters. The molecule has 1 aromatic carbocycles. The normalized spacial score (nSPS) is 10.2. The molecule has 88 valence electrons. The maximum Gasteiger partial charge on any atom is 0.229 e. The zero-order valence-corrected chi connectivity index (χ0v) is 10.3. The summed E-state index contributed by atoms with van der Waals surface area (Å²) < 4.78 is 13.3. The molecule has 0 aliphatic carbocycles. The summed E-state index contributed by atoms with van der Waals surface area (Å²) in [6.45, 7) is 0. The predicted octanol–water partition coefficient (Wildman–Crippen LogP) is 3.72. The number of benzene rings is 1. The van der Waals surface area contributed by atoms with Gasteiger partial charge in [0.15, 0.2) is 0 Å². The van der Waals surface area contributed by atoms with Crippen molar-refractivity contribution >= 4 is 34.5 Å². The molecule has 5 heteroatoms. The van der Waals surface area contributed by atoms with E-state index < -0.39 is 5.82 Å². The number of halogens is 2. The van der Waals surface area contributed by atoms with Crippen LogP contribution in [0, 0.1) is 5.82 Å². The van der Waals surface area contributed by atoms with E-state index in [1.54, 1.807) is 0 Å². The molecule has 1 aromatic heterocycles. The second-order valence-electron chi connectivity index (χ2n) is 3.43. The molecule has 1 heterocycles. The first-order chi connectivity index (χ1) is 8.15. The molecule has 0 atom stereocenters. The van der Waals surface area contributed by atoms with Crippen LogP contribution in [0.3, 0.4) is 0 Å². The second kappa shape index (κ2) is 5.29. The van der Waals surface area contributed by atoms with Crippen molar-refractivity contribution in [3.8, 4) is 0 Å². The Morgan fingerprint density at radius 3 is 2.94 bits per heavy atom. The minimum atomic E-state index is -0.492. The van der Waals surface area contributed by atoms with Crippen LogP contribution in [0.2, 0.25) is 5.02 Å². The van der Waals surface area contributed by atoms with Crippen molar-refractivity contribution in [2.24, 2.45) is 0 Å². The molecule has 0 aliphatic heterocycles. The molecule has 17 heavy (non-hydrogen) atoms. The van der Waals surface area contributed by atoms with E-state index in [1.807, 2.05) is 17.5 Å². The highest BCUT2D eigenvalue weighted by Crippen LogP contribution is 2.20. The molecule has 0 bridgehead atoms. The quantitative estimate of drug-likeness (QED) is 0.904. The highest BCUT2D eigenvalue weighted by atomic mass is 35.5. The number of hydrogen-bond donors (Lipinski definition) is 1. The largest absolute Gasteiger partial charge is 0.323 e. The van der Waals surface area contributed by atoms with Gasteiger partial charge >= 0.3 is 0 Å². The van der Waals surface area contributed by atoms with Gasteiger partial charge in [0.05, 0.1) is 12.1 Å². The van der Waals surface area contributed by atoms with Crippen molar-refractivity contribution in [1.29, 1.82) is 0 Å². The average Bonchev–Trinajstić information content (AvgIpc) is 2.76. The van der Waals surface area contributed by atoms with Gasteiger partial charge in [-0.1, -0.05) is 17.7 Å². The number of anilines is 1. The Morgan fingerprint density at radius 1 is 1.41 bits per heavy atom. The maximum atomic E-state index is 13.3. The Balaban J connectivity index is 2.05. The first-order valence-corrected chi connectivity index (χ1v) is 6.18. The van der Waals surface area contributed by atoms with Crippen molar-refractivity contribution in [3.63, 3.8) is 0 Å². The molecule has 0 fully saturated rings. The number of carbonyl (C=O) groups is 1. The summed E-state index contributed by atoms with van der Waals surface area (Å²) in [5.74, 6) is -0.748. The van der Waals surface area contributed by atoms with Crippen LogP contribution >= 0.6 is 22.9 Å². The zero-order valence-electron chi connectivity index (χ0n) is 8.74. The van der Waals surface area contributed by atoms with Crippen molar-refractivity contribution in [2.75, 3.05) is 5.32 Å². The molecular formula is C12H9ClFNOS. The van der Waals surface area contributed by atoms with Crippen LogP contribution in [0.15, 0.2) is 35.7 Å². The Morgan fingerprint density at radius 2 is 2.24 bits per heavy atom. The first kappa shape index (κ1) is 12.1. The van der Waals surface area contributed by atoms with E-state index in [0.29, 0.717) is 5.02 Å². The molecule has 2 rings (SSSR count). The lowest BCUT2D eigenvalue weighted by Gasteiger charge is -2.05. The van der Waals surface area contributed by atoms with Crippen LogP contribution in [0.1, 0.15) is 4.88 Å². The van der Waals surface area contributed by atoms with Gasteiger partial charge in [-0.3, -0.25) is 4.79 Å². The topological polar surface area (TPSA) is 29.1 Å². The number of thiophene rings is 1. The van der Waals surface area contributed by atoms with E-state index >= 15 is 0 Å². The summed E-state index contributed by atoms with van der Waals surface area (Å²) in [6, 6.07) is 7.78. The third kappa shape index (κ3) is 3.28. The second-order valence-corrected chi connectivity index (χ2v) is 4.90. The van der Waals surface area contributed by atoms with Crippen molar-refractivity contribution in [1.82, 2.24) is 0 Å². The lowest BCUT2D eigenvalue weighted by atomic mass is 10.2. The van der Waals surface area contributed by atoms with Gasteiger partial charge < -0.3 is 5.32 Å². The standard InChI is InChI=1S/C12H9ClFNOS/c13-8-3-4-10(14)11(6-8)15-12(16)7-9-2-1-5-17-9/h1-6H,7H2,(H,15,16). The fraction of sp³-hybridized carbons (Fsp3) is 0.0833. The number of hydrogen-bond acceptors (Lipinski definition) is 2. The van der Waals surface area contributed by atoms with Crippen molar-refractivity contribution in [3.05, 3.63) is 51.4 Å². The summed E-state index contributed by atoms with van der Waals surface area (Å²) in [4.78, 5) is 12.6. The van der Waals surface area contributed by atoms with E-state index in [4.69, 9.17) is 11.6 Å². The minimum absolute atomic E-state index is 0.110. The molecule has 1 amide bonds. The van der Waals surface area contributed by atoms with Gasteiger partial charge in [0.25, 0.3) is 0 Å². The lowest BCUT2D eigenvalue weighted by Crippen LogP contribution is -2.14. The minimum Gasteiger partial charge on any atom is -0.323 e. The Kier molecular flexibility index (Phi) is 3.76. The molecule has 0 saturated heterocycles. The van der Waals surface area contributed by atoms with Crippen LogP contribution in [0.4, 0.5) is 10.1 Å². The summed E-state index contributed by atoms with van der Waals surface area (Å²) in [7, 11) is 0. The molecule has 2 nitrogen and oxygen atoms in total. The molecule has 2 aromatic rings. The Bertz CT molecular complexity index is 527. The summed E-state index contributed by atoms with van der Waals surface area (Å²) in [5.41, 5.74) is 0.110. The van der Waals surface area contributed by atoms with Gasteiger partial charge in [-0.15, -0.1) is 11.3 Å². The van der Waals surface area contributed by atoms with Crippen LogP contribution in [-0.2, 0) is 11.2 Å². The van der Waals surface area contributed by atoms with Gasteiger partial charge in [0.2, 0.25) is 5.91 Å². The van der Waals surface area contributed by atoms with Crippen molar-refractivity contribution < 1.29 is 9.18 Å². The number of carbonyl (C=O) groups excluding carboxylic acids is 1. The molecule has 1 N–H and O–H groups in total. The molecule has 0 saturated carbocycles. The predicted molar refractivity (Wildman–Crippen MR) is 68.1 cm³/mol. The lowest BCUT2D eigenvalue weighted by molar-refractivity contribution is -0.115.